The first-order valence-electron chi connectivity index (χ1n) is 8.62. The van der Waals surface area contributed by atoms with Crippen LogP contribution >= 0.6 is 11.6 Å². The number of para-hydroxylation sites is 1. The first-order chi connectivity index (χ1) is 13.2. The normalized spacial score (nSPS) is 14.5. The first kappa shape index (κ1) is 16.0. The Morgan fingerprint density at radius 2 is 1.78 bits per heavy atom. The van der Waals surface area contributed by atoms with Gasteiger partial charge in [-0.05, 0) is 58.7 Å². The zero-order valence-electron chi connectivity index (χ0n) is 14.3. The van der Waals surface area contributed by atoms with E-state index in [4.69, 9.17) is 16.3 Å². The smallest absolute Gasteiger partial charge is 0.323 e. The number of hydrogen-bond donors (Lipinski definition) is 2. The van der Waals surface area contributed by atoms with Crippen LogP contribution in [0, 0.1) is 0 Å². The van der Waals surface area contributed by atoms with Crippen molar-refractivity contribution in [3.05, 3.63) is 98.4 Å². The Bertz CT molecular complexity index is 1270. The zero-order valence-corrected chi connectivity index (χ0v) is 15.0. The predicted octanol–water partition coefficient (Wildman–Crippen LogP) is 4.99. The maximum absolute atomic E-state index is 11.5. The molecule has 4 nitrogen and oxygen atoms in total. The van der Waals surface area contributed by atoms with Crippen molar-refractivity contribution in [3.63, 3.8) is 0 Å². The molecule has 2 N–H and O–H groups in total. The van der Waals surface area contributed by atoms with Crippen molar-refractivity contribution in [2.45, 2.75) is 6.61 Å². The lowest BCUT2D eigenvalue weighted by Crippen LogP contribution is -1.99. The number of nitrogens with one attached hydrogen (secondary N) is 2. The number of aromatic amines is 2. The highest BCUT2D eigenvalue weighted by Gasteiger charge is 2.19. The van der Waals surface area contributed by atoms with E-state index >= 15 is 0 Å². The summed E-state index contributed by atoms with van der Waals surface area (Å²) in [6.45, 7) is 0.491. The van der Waals surface area contributed by atoms with Gasteiger partial charge in [0.25, 0.3) is 0 Å². The van der Waals surface area contributed by atoms with Crippen LogP contribution < -0.4 is 10.4 Å². The van der Waals surface area contributed by atoms with Crippen molar-refractivity contribution in [1.29, 1.82) is 0 Å². The molecule has 0 aliphatic carbocycles. The molecular formula is C22H15ClN2O2. The molecule has 0 spiro atoms. The van der Waals surface area contributed by atoms with Crippen molar-refractivity contribution in [2.75, 3.05) is 0 Å². The largest absolute Gasteiger partial charge is 0.488 e. The van der Waals surface area contributed by atoms with Gasteiger partial charge in [0.2, 0.25) is 0 Å². The highest BCUT2D eigenvalue weighted by Crippen LogP contribution is 2.38. The molecule has 27 heavy (non-hydrogen) atoms. The highest BCUT2D eigenvalue weighted by atomic mass is 35.5. The molecule has 0 amide bonds. The van der Waals surface area contributed by atoms with Crippen molar-refractivity contribution in [2.24, 2.45) is 0 Å². The Morgan fingerprint density at radius 1 is 0.926 bits per heavy atom. The molecule has 3 aromatic carbocycles. The molecule has 1 aliphatic heterocycles. The molecule has 132 valence electrons. The van der Waals surface area contributed by atoms with E-state index < -0.39 is 0 Å². The van der Waals surface area contributed by atoms with Gasteiger partial charge >= 0.3 is 5.69 Å². The van der Waals surface area contributed by atoms with Crippen molar-refractivity contribution >= 4 is 34.3 Å². The highest BCUT2D eigenvalue weighted by molar-refractivity contribution is 6.30. The van der Waals surface area contributed by atoms with E-state index in [0.717, 1.165) is 44.6 Å². The average Bonchev–Trinajstić information content (AvgIpc) is 2.97. The van der Waals surface area contributed by atoms with Gasteiger partial charge in [0.05, 0.1) is 11.0 Å². The van der Waals surface area contributed by atoms with E-state index in [0.29, 0.717) is 11.6 Å². The van der Waals surface area contributed by atoms with Crippen LogP contribution in [-0.4, -0.2) is 9.97 Å². The minimum absolute atomic E-state index is 0.208. The minimum Gasteiger partial charge on any atom is -0.488 e. The lowest BCUT2D eigenvalue weighted by Gasteiger charge is -2.11. The second-order valence-electron chi connectivity index (χ2n) is 6.53. The molecule has 0 fully saturated rings. The molecule has 0 atom stereocenters. The van der Waals surface area contributed by atoms with E-state index in [1.807, 2.05) is 60.7 Å². The van der Waals surface area contributed by atoms with Crippen LogP contribution in [0.3, 0.4) is 0 Å². The third kappa shape index (κ3) is 2.84. The Balaban J connectivity index is 1.76. The Labute approximate surface area is 160 Å². The number of halogens is 1. The van der Waals surface area contributed by atoms with Gasteiger partial charge in [0.15, 0.2) is 0 Å². The van der Waals surface area contributed by atoms with Crippen molar-refractivity contribution in [3.8, 4) is 5.75 Å². The summed E-state index contributed by atoms with van der Waals surface area (Å²) in [4.78, 5) is 17.1. The SMILES string of the molecule is O=c1[nH]c2ccc(/C=C3\c4cc(Cl)ccc4COc4ccccc43)cc2[nH]1. The standard InChI is InChI=1S/C22H15ClN2O2/c23-15-7-6-14-12-27-21-4-2-1-3-16(21)18(17(14)11-15)9-13-5-8-19-20(10-13)25-22(26)24-19/h1-11H,12H2,(H2,24,25,26)/b18-9-. The molecule has 1 aromatic heterocycles. The van der Waals surface area contributed by atoms with E-state index in [-0.39, 0.29) is 5.69 Å². The van der Waals surface area contributed by atoms with Crippen molar-refractivity contribution in [1.82, 2.24) is 9.97 Å². The topological polar surface area (TPSA) is 57.9 Å². The van der Waals surface area contributed by atoms with Crippen LogP contribution in [0.15, 0.2) is 65.5 Å². The van der Waals surface area contributed by atoms with E-state index in [9.17, 15) is 4.79 Å². The number of rotatable bonds is 1. The fourth-order valence-corrected chi connectivity index (χ4v) is 3.68. The summed E-state index contributed by atoms with van der Waals surface area (Å²) in [5.74, 6) is 0.840. The number of H-pyrrole nitrogens is 2. The first-order valence-corrected chi connectivity index (χ1v) is 9.00. The van der Waals surface area contributed by atoms with Crippen LogP contribution in [0.1, 0.15) is 22.3 Å². The molecule has 0 saturated heterocycles. The zero-order chi connectivity index (χ0) is 18.4. The molecule has 1 aliphatic rings. The monoisotopic (exact) mass is 374 g/mol. The molecule has 5 rings (SSSR count). The van der Waals surface area contributed by atoms with Gasteiger partial charge in [-0.3, -0.25) is 0 Å². The van der Waals surface area contributed by atoms with Gasteiger partial charge in [0, 0.05) is 10.6 Å². The number of aromatic nitrogens is 2. The third-order valence-corrected chi connectivity index (χ3v) is 5.01. The number of benzene rings is 3. The summed E-state index contributed by atoms with van der Waals surface area (Å²) >= 11 is 6.29. The Hall–Kier alpha value is -3.24. The second-order valence-corrected chi connectivity index (χ2v) is 6.96. The van der Waals surface area contributed by atoms with Gasteiger partial charge in [-0.15, -0.1) is 0 Å². The van der Waals surface area contributed by atoms with Gasteiger partial charge < -0.3 is 14.7 Å². The fourth-order valence-electron chi connectivity index (χ4n) is 3.50. The fraction of sp³-hybridized carbons (Fsp3) is 0.0455. The van der Waals surface area contributed by atoms with Crippen molar-refractivity contribution < 1.29 is 4.74 Å². The third-order valence-electron chi connectivity index (χ3n) is 4.77. The van der Waals surface area contributed by atoms with E-state index in [1.54, 1.807) is 0 Å². The summed E-state index contributed by atoms with van der Waals surface area (Å²) in [6, 6.07) is 19.7. The molecule has 2 heterocycles. The quantitative estimate of drug-likeness (QED) is 0.493. The minimum atomic E-state index is -0.208. The van der Waals surface area contributed by atoms with Crippen LogP contribution in [0.25, 0.3) is 22.7 Å². The number of imidazole rings is 1. The number of fused-ring (bicyclic) bond motifs is 3. The second kappa shape index (κ2) is 6.18. The van der Waals surface area contributed by atoms with Gasteiger partial charge in [0.1, 0.15) is 12.4 Å². The molecule has 4 aromatic rings. The van der Waals surface area contributed by atoms with Crippen LogP contribution in [-0.2, 0) is 6.61 Å². The van der Waals surface area contributed by atoms with Gasteiger partial charge in [-0.2, -0.15) is 0 Å². The van der Waals surface area contributed by atoms with Gasteiger partial charge in [-0.1, -0.05) is 41.9 Å². The maximum atomic E-state index is 11.5. The maximum Gasteiger partial charge on any atom is 0.323 e. The molecule has 0 unspecified atom stereocenters. The Morgan fingerprint density at radius 3 is 2.70 bits per heavy atom. The summed E-state index contributed by atoms with van der Waals surface area (Å²) in [5, 5.41) is 0.685. The lowest BCUT2D eigenvalue weighted by molar-refractivity contribution is 0.307. The molecular weight excluding hydrogens is 360 g/mol. The van der Waals surface area contributed by atoms with Crippen LogP contribution in [0.2, 0.25) is 5.02 Å². The molecule has 0 saturated carbocycles. The number of hydrogen-bond acceptors (Lipinski definition) is 2. The van der Waals surface area contributed by atoms with Crippen LogP contribution in [0.5, 0.6) is 5.75 Å². The summed E-state index contributed by atoms with van der Waals surface area (Å²) in [5.41, 5.74) is 6.52. The average molecular weight is 375 g/mol. The van der Waals surface area contributed by atoms with Crippen LogP contribution in [0.4, 0.5) is 0 Å². The Kier molecular flexibility index (Phi) is 3.66. The summed E-state index contributed by atoms with van der Waals surface area (Å²) in [6.07, 6.45) is 2.10. The van der Waals surface area contributed by atoms with E-state index in [1.165, 1.54) is 0 Å². The van der Waals surface area contributed by atoms with Gasteiger partial charge in [-0.25, -0.2) is 4.79 Å². The molecule has 0 radical (unpaired) electrons. The summed E-state index contributed by atoms with van der Waals surface area (Å²) < 4.78 is 6.02. The molecule has 0 bridgehead atoms. The lowest BCUT2D eigenvalue weighted by atomic mass is 9.92. The summed E-state index contributed by atoms with van der Waals surface area (Å²) in [7, 11) is 0. The molecule has 5 heteroatoms. The number of ether oxygens (including phenoxy) is 1. The predicted molar refractivity (Wildman–Crippen MR) is 108 cm³/mol. The van der Waals surface area contributed by atoms with E-state index in [2.05, 4.69) is 16.0 Å².